The number of unbranched alkanes of at least 4 members (excludes halogenated alkanes) is 11. The molecule has 1 aromatic heterocycles. The van der Waals surface area contributed by atoms with Crippen LogP contribution < -0.4 is 5.32 Å². The number of nitrogens with one attached hydrogen (secondary N) is 1. The van der Waals surface area contributed by atoms with E-state index in [-0.39, 0.29) is 17.5 Å². The lowest BCUT2D eigenvalue weighted by Crippen LogP contribution is -2.10. The standard InChI is InChI=1S/C21H38N2O3/c1-3-5-6-7-8-9-10-11-12-13-14-15-17-18-20(25)21(23-26-18)22-19(24)16-4-2/h25H,3-17H2,1-2H3,(H,22,23,24). The Kier molecular flexibility index (Phi) is 12.7. The lowest BCUT2D eigenvalue weighted by atomic mass is 10.0. The van der Waals surface area contributed by atoms with Gasteiger partial charge in [-0.05, 0) is 12.8 Å². The Balaban J connectivity index is 2.03. The zero-order valence-corrected chi connectivity index (χ0v) is 16.8. The van der Waals surface area contributed by atoms with Gasteiger partial charge in [-0.25, -0.2) is 0 Å². The van der Waals surface area contributed by atoms with Crippen molar-refractivity contribution in [3.63, 3.8) is 0 Å². The average Bonchev–Trinajstić information content (AvgIpc) is 2.96. The molecule has 0 aliphatic rings. The van der Waals surface area contributed by atoms with Crippen LogP contribution in [-0.4, -0.2) is 16.2 Å². The van der Waals surface area contributed by atoms with E-state index in [2.05, 4.69) is 17.4 Å². The Morgan fingerprint density at radius 2 is 1.42 bits per heavy atom. The highest BCUT2D eigenvalue weighted by atomic mass is 16.5. The van der Waals surface area contributed by atoms with Gasteiger partial charge in [0.05, 0.1) is 0 Å². The van der Waals surface area contributed by atoms with Gasteiger partial charge in [0.2, 0.25) is 17.5 Å². The first kappa shape index (κ1) is 22.5. The first-order valence-electron chi connectivity index (χ1n) is 10.7. The van der Waals surface area contributed by atoms with Crippen LogP contribution in [0.4, 0.5) is 5.82 Å². The molecule has 0 saturated carbocycles. The highest BCUT2D eigenvalue weighted by Crippen LogP contribution is 2.28. The number of aryl methyl sites for hydroxylation is 1. The van der Waals surface area contributed by atoms with Crippen LogP contribution in [0, 0.1) is 0 Å². The number of carbonyl (C=O) groups is 1. The Labute approximate surface area is 158 Å². The van der Waals surface area contributed by atoms with E-state index in [0.29, 0.717) is 18.6 Å². The largest absolute Gasteiger partial charge is 0.502 e. The minimum Gasteiger partial charge on any atom is -0.502 e. The molecule has 0 saturated heterocycles. The summed E-state index contributed by atoms with van der Waals surface area (Å²) in [6.45, 7) is 4.19. The number of amides is 1. The van der Waals surface area contributed by atoms with Crippen molar-refractivity contribution in [2.45, 2.75) is 110 Å². The molecule has 1 aromatic rings. The molecule has 0 aliphatic carbocycles. The Morgan fingerprint density at radius 1 is 0.885 bits per heavy atom. The second-order valence-electron chi connectivity index (χ2n) is 7.24. The van der Waals surface area contributed by atoms with Gasteiger partial charge in [0.25, 0.3) is 0 Å². The molecular weight excluding hydrogens is 328 g/mol. The normalized spacial score (nSPS) is 11.0. The fourth-order valence-corrected chi connectivity index (χ4v) is 3.11. The van der Waals surface area contributed by atoms with E-state index in [4.69, 9.17) is 4.52 Å². The smallest absolute Gasteiger partial charge is 0.225 e. The van der Waals surface area contributed by atoms with E-state index < -0.39 is 0 Å². The third-order valence-corrected chi connectivity index (χ3v) is 4.73. The highest BCUT2D eigenvalue weighted by Gasteiger charge is 2.16. The number of aromatic hydroxyl groups is 1. The molecule has 0 atom stereocenters. The fourth-order valence-electron chi connectivity index (χ4n) is 3.11. The number of hydrogen-bond donors (Lipinski definition) is 2. The van der Waals surface area contributed by atoms with Gasteiger partial charge in [-0.2, -0.15) is 0 Å². The molecule has 1 amide bonds. The van der Waals surface area contributed by atoms with Crippen molar-refractivity contribution < 1.29 is 14.4 Å². The van der Waals surface area contributed by atoms with Gasteiger partial charge in [-0.3, -0.25) is 4.79 Å². The van der Waals surface area contributed by atoms with E-state index in [1.54, 1.807) is 0 Å². The molecule has 0 unspecified atom stereocenters. The summed E-state index contributed by atoms with van der Waals surface area (Å²) >= 11 is 0. The lowest BCUT2D eigenvalue weighted by molar-refractivity contribution is -0.116. The lowest BCUT2D eigenvalue weighted by Gasteiger charge is -2.02. The number of hydrogen-bond acceptors (Lipinski definition) is 4. The highest BCUT2D eigenvalue weighted by molar-refractivity contribution is 5.90. The number of rotatable bonds is 16. The number of anilines is 1. The second-order valence-corrected chi connectivity index (χ2v) is 7.24. The molecule has 5 nitrogen and oxygen atoms in total. The van der Waals surface area contributed by atoms with Crippen molar-refractivity contribution in [3.05, 3.63) is 5.76 Å². The van der Waals surface area contributed by atoms with E-state index in [0.717, 1.165) is 19.3 Å². The minimum absolute atomic E-state index is 0.0162. The van der Waals surface area contributed by atoms with Gasteiger partial charge < -0.3 is 14.9 Å². The van der Waals surface area contributed by atoms with Crippen LogP contribution in [0.2, 0.25) is 0 Å². The first-order chi connectivity index (χ1) is 12.7. The maximum absolute atomic E-state index is 11.5. The van der Waals surface area contributed by atoms with Gasteiger partial charge in [-0.15, -0.1) is 0 Å². The number of carbonyl (C=O) groups excluding carboxylic acids is 1. The zero-order chi connectivity index (χ0) is 19.0. The molecule has 0 spiro atoms. The van der Waals surface area contributed by atoms with Crippen molar-refractivity contribution in [1.29, 1.82) is 0 Å². The van der Waals surface area contributed by atoms with E-state index in [1.165, 1.54) is 64.2 Å². The average molecular weight is 367 g/mol. The Morgan fingerprint density at radius 3 is 1.96 bits per heavy atom. The van der Waals surface area contributed by atoms with Gasteiger partial charge in [0, 0.05) is 12.8 Å². The van der Waals surface area contributed by atoms with Crippen LogP contribution in [0.5, 0.6) is 5.75 Å². The summed E-state index contributed by atoms with van der Waals surface area (Å²) in [4.78, 5) is 11.5. The van der Waals surface area contributed by atoms with Crippen molar-refractivity contribution in [2.24, 2.45) is 0 Å². The topological polar surface area (TPSA) is 75.4 Å². The molecule has 1 rings (SSSR count). The third kappa shape index (κ3) is 9.83. The summed E-state index contributed by atoms with van der Waals surface area (Å²) in [5.41, 5.74) is 0. The van der Waals surface area contributed by atoms with Crippen LogP contribution in [0.3, 0.4) is 0 Å². The van der Waals surface area contributed by atoms with Gasteiger partial charge >= 0.3 is 0 Å². The Bertz CT molecular complexity index is 486. The minimum atomic E-state index is -0.145. The quantitative estimate of drug-likeness (QED) is 0.334. The molecule has 2 N–H and O–H groups in total. The monoisotopic (exact) mass is 366 g/mol. The summed E-state index contributed by atoms with van der Waals surface area (Å²) in [5.74, 6) is 0.465. The summed E-state index contributed by atoms with van der Waals surface area (Å²) in [5, 5.41) is 16.4. The molecule has 150 valence electrons. The fraction of sp³-hybridized carbons (Fsp3) is 0.810. The molecule has 5 heteroatoms. The molecule has 0 bridgehead atoms. The van der Waals surface area contributed by atoms with E-state index >= 15 is 0 Å². The third-order valence-electron chi connectivity index (χ3n) is 4.73. The predicted molar refractivity (Wildman–Crippen MR) is 106 cm³/mol. The molecule has 1 heterocycles. The summed E-state index contributed by atoms with van der Waals surface area (Å²) in [7, 11) is 0. The molecule has 0 fully saturated rings. The van der Waals surface area contributed by atoms with Crippen molar-refractivity contribution >= 4 is 11.7 Å². The van der Waals surface area contributed by atoms with Crippen LogP contribution in [-0.2, 0) is 11.2 Å². The van der Waals surface area contributed by atoms with Gasteiger partial charge in [0.1, 0.15) is 0 Å². The molecule has 0 aromatic carbocycles. The number of nitrogens with zero attached hydrogens (tertiary/aromatic N) is 1. The summed E-state index contributed by atoms with van der Waals surface area (Å²) in [6, 6.07) is 0. The SMILES string of the molecule is CCCCCCCCCCCCCCc1onc(NC(=O)CCC)c1O. The maximum atomic E-state index is 11.5. The maximum Gasteiger partial charge on any atom is 0.225 e. The van der Waals surface area contributed by atoms with Crippen molar-refractivity contribution in [3.8, 4) is 5.75 Å². The predicted octanol–water partition coefficient (Wildman–Crippen LogP) is 6.36. The van der Waals surface area contributed by atoms with Crippen LogP contribution >= 0.6 is 0 Å². The van der Waals surface area contributed by atoms with Gasteiger partial charge in [0.15, 0.2) is 5.76 Å². The first-order valence-corrected chi connectivity index (χ1v) is 10.7. The molecule has 26 heavy (non-hydrogen) atoms. The van der Waals surface area contributed by atoms with Gasteiger partial charge in [-0.1, -0.05) is 89.6 Å². The van der Waals surface area contributed by atoms with Crippen molar-refractivity contribution in [2.75, 3.05) is 5.32 Å². The van der Waals surface area contributed by atoms with Crippen molar-refractivity contribution in [1.82, 2.24) is 5.16 Å². The molecule has 0 radical (unpaired) electrons. The van der Waals surface area contributed by atoms with E-state index in [9.17, 15) is 9.90 Å². The van der Waals surface area contributed by atoms with E-state index in [1.807, 2.05) is 6.92 Å². The molecular formula is C21H38N2O3. The summed E-state index contributed by atoms with van der Waals surface area (Å²) < 4.78 is 5.16. The van der Waals surface area contributed by atoms with Crippen LogP contribution in [0.25, 0.3) is 0 Å². The van der Waals surface area contributed by atoms with Crippen LogP contribution in [0.1, 0.15) is 109 Å². The molecule has 0 aliphatic heterocycles. The second kappa shape index (κ2) is 14.6. The zero-order valence-electron chi connectivity index (χ0n) is 16.8. The van der Waals surface area contributed by atoms with Crippen LogP contribution in [0.15, 0.2) is 4.52 Å². The number of aromatic nitrogens is 1. The Hall–Kier alpha value is -1.52. The summed E-state index contributed by atoms with van der Waals surface area (Å²) in [6.07, 6.45) is 17.4.